The number of benzene rings is 2. The lowest BCUT2D eigenvalue weighted by Gasteiger charge is -2.46. The highest BCUT2D eigenvalue weighted by Crippen LogP contribution is 2.48. The molecule has 1 aliphatic heterocycles. The van der Waals surface area contributed by atoms with Crippen LogP contribution in [-0.4, -0.2) is 40.5 Å². The molecule has 2 aliphatic rings. The van der Waals surface area contributed by atoms with E-state index in [1.54, 1.807) is 30.3 Å². The molecule has 0 bridgehead atoms. The summed E-state index contributed by atoms with van der Waals surface area (Å²) in [6.07, 6.45) is 7.55. The Labute approximate surface area is 270 Å². The molecule has 0 aromatic heterocycles. The Morgan fingerprint density at radius 2 is 1.80 bits per heavy atom. The molecule has 1 saturated carbocycles. The van der Waals surface area contributed by atoms with E-state index in [0.717, 1.165) is 50.5 Å². The molecule has 9 nitrogen and oxygen atoms in total. The quantitative estimate of drug-likeness (QED) is 0.0996. The van der Waals surface area contributed by atoms with Crippen molar-refractivity contribution in [3.8, 4) is 0 Å². The molecule has 1 atom stereocenters. The Hall–Kier alpha value is -3.30. The molecule has 4 N–H and O–H groups in total. The highest BCUT2D eigenvalue weighted by molar-refractivity contribution is 6.47. The molecule has 1 spiro atoms. The first-order chi connectivity index (χ1) is 20.9. The van der Waals surface area contributed by atoms with Crippen LogP contribution in [-0.2, 0) is 4.79 Å². The number of nitrogens with one attached hydrogen (secondary N) is 2. The summed E-state index contributed by atoms with van der Waals surface area (Å²) < 4.78 is 0. The van der Waals surface area contributed by atoms with Gasteiger partial charge in [-0.25, -0.2) is 0 Å². The lowest BCUT2D eigenvalue weighted by Crippen LogP contribution is -2.51. The van der Waals surface area contributed by atoms with E-state index in [2.05, 4.69) is 43.3 Å². The van der Waals surface area contributed by atoms with Gasteiger partial charge in [-0.15, -0.1) is 5.10 Å². The second-order valence-electron chi connectivity index (χ2n) is 13.1. The first-order valence-corrected chi connectivity index (χ1v) is 16.1. The third kappa shape index (κ3) is 8.04. The normalized spacial score (nSPS) is 21.4. The molecular formula is C33H43Cl2N7O2. The number of hydrogen-bond donors (Lipinski definition) is 3. The second kappa shape index (κ2) is 14.2. The summed E-state index contributed by atoms with van der Waals surface area (Å²) in [6.45, 7) is 8.81. The van der Waals surface area contributed by atoms with E-state index in [1.807, 2.05) is 17.0 Å². The number of carbonyl (C=O) groups is 2. The van der Waals surface area contributed by atoms with Crippen LogP contribution in [0.3, 0.4) is 0 Å². The van der Waals surface area contributed by atoms with E-state index in [-0.39, 0.29) is 35.7 Å². The van der Waals surface area contributed by atoms with E-state index in [9.17, 15) is 9.59 Å². The van der Waals surface area contributed by atoms with Crippen molar-refractivity contribution in [2.75, 3.05) is 6.54 Å². The molecule has 1 fully saturated rings. The fraction of sp³-hybridized carbons (Fsp3) is 0.515. The third-order valence-electron chi connectivity index (χ3n) is 8.57. The molecule has 11 heteroatoms. The zero-order valence-electron chi connectivity index (χ0n) is 26.0. The monoisotopic (exact) mass is 639 g/mol. The summed E-state index contributed by atoms with van der Waals surface area (Å²) in [5.41, 5.74) is 14.2. The van der Waals surface area contributed by atoms with Gasteiger partial charge < -0.3 is 16.0 Å². The van der Waals surface area contributed by atoms with Gasteiger partial charge in [-0.05, 0) is 85.8 Å². The van der Waals surface area contributed by atoms with Gasteiger partial charge in [-0.3, -0.25) is 14.6 Å². The van der Waals surface area contributed by atoms with Crippen molar-refractivity contribution in [2.24, 2.45) is 32.4 Å². The summed E-state index contributed by atoms with van der Waals surface area (Å²) in [7, 11) is 0. The van der Waals surface area contributed by atoms with Crippen molar-refractivity contribution >= 4 is 46.6 Å². The predicted molar refractivity (Wildman–Crippen MR) is 176 cm³/mol. The Balaban J connectivity index is 1.72. The summed E-state index contributed by atoms with van der Waals surface area (Å²) in [5, 5.41) is 9.92. The van der Waals surface area contributed by atoms with Gasteiger partial charge in [0.2, 0.25) is 0 Å². The highest BCUT2D eigenvalue weighted by atomic mass is 35.5. The van der Waals surface area contributed by atoms with Crippen molar-refractivity contribution < 1.29 is 9.59 Å². The standard InChI is InChI=1S/C33H43Cl2N7O2/c1-5-6-21-11-15-33(16-12-21)39-29(24-17-25(34)19-26(35)18-24)31(44)42(33)27(13-14-32(2,3)4)22-7-9-23(10-8-22)30(43)38-20-28(36)40-41-37/h7-10,17-19,21,27H,5-6,11-16,20H2,1-4H3,(H,38,43)(H3,36,37,40)/t21?,27-,33?/m1/s1. The van der Waals surface area contributed by atoms with Gasteiger partial charge in [0.1, 0.15) is 17.2 Å². The molecule has 4 rings (SSSR count). The second-order valence-corrected chi connectivity index (χ2v) is 14.0. The van der Waals surface area contributed by atoms with E-state index in [1.165, 1.54) is 6.42 Å². The van der Waals surface area contributed by atoms with Gasteiger partial charge in [0.15, 0.2) is 0 Å². The number of nitrogens with two attached hydrogens (primary N) is 1. The van der Waals surface area contributed by atoms with Crippen molar-refractivity contribution in [1.82, 2.24) is 10.2 Å². The van der Waals surface area contributed by atoms with Gasteiger partial charge in [-0.1, -0.05) is 81.1 Å². The Bertz CT molecular complexity index is 1400. The molecule has 0 radical (unpaired) electrons. The van der Waals surface area contributed by atoms with Crippen LogP contribution >= 0.6 is 23.2 Å². The molecular weight excluding hydrogens is 597 g/mol. The van der Waals surface area contributed by atoms with Crippen LogP contribution in [0.5, 0.6) is 0 Å². The molecule has 0 saturated heterocycles. The third-order valence-corrected chi connectivity index (χ3v) is 9.01. The van der Waals surface area contributed by atoms with Crippen LogP contribution in [0.15, 0.2) is 57.8 Å². The summed E-state index contributed by atoms with van der Waals surface area (Å²) in [5.74, 6) is 0.225. The van der Waals surface area contributed by atoms with E-state index >= 15 is 0 Å². The maximum atomic E-state index is 14.5. The van der Waals surface area contributed by atoms with Gasteiger partial charge in [-0.2, -0.15) is 5.53 Å². The SMILES string of the molecule is CCCC1CCC2(CC1)N=C(c1cc(Cl)cc(Cl)c1)C(=O)N2[C@H](CCC(C)(C)C)c1ccc(C(=O)NC/C(N)=N/N=N)cc1. The molecule has 2 aromatic rings. The van der Waals surface area contributed by atoms with Crippen molar-refractivity contribution in [3.05, 3.63) is 69.2 Å². The molecule has 236 valence electrons. The lowest BCUT2D eigenvalue weighted by atomic mass is 9.78. The number of amides is 2. The lowest BCUT2D eigenvalue weighted by molar-refractivity contribution is -0.133. The summed E-state index contributed by atoms with van der Waals surface area (Å²) >= 11 is 12.7. The summed E-state index contributed by atoms with van der Waals surface area (Å²) in [6, 6.07) is 12.3. The fourth-order valence-electron chi connectivity index (χ4n) is 6.36. The van der Waals surface area contributed by atoms with Gasteiger partial charge in [0, 0.05) is 21.2 Å². The topological polar surface area (TPSA) is 136 Å². The maximum Gasteiger partial charge on any atom is 0.275 e. The Morgan fingerprint density at radius 3 is 2.36 bits per heavy atom. The predicted octanol–water partition coefficient (Wildman–Crippen LogP) is 7.91. The Kier molecular flexibility index (Phi) is 10.8. The molecule has 2 amide bonds. The minimum atomic E-state index is -0.663. The first kappa shape index (κ1) is 33.6. The molecule has 2 aromatic carbocycles. The number of carbonyl (C=O) groups excluding carboxylic acids is 2. The summed E-state index contributed by atoms with van der Waals surface area (Å²) in [4.78, 5) is 34.6. The van der Waals surface area contributed by atoms with E-state index < -0.39 is 5.66 Å². The molecule has 44 heavy (non-hydrogen) atoms. The van der Waals surface area contributed by atoms with Crippen LogP contribution in [0.1, 0.15) is 107 Å². The first-order valence-electron chi connectivity index (χ1n) is 15.3. The minimum Gasteiger partial charge on any atom is -0.384 e. The van der Waals surface area contributed by atoms with Crippen LogP contribution < -0.4 is 11.1 Å². The fourth-order valence-corrected chi connectivity index (χ4v) is 6.88. The average Bonchev–Trinajstić information content (AvgIpc) is 3.24. The van der Waals surface area contributed by atoms with Crippen LogP contribution in [0.4, 0.5) is 0 Å². The number of hydrogen-bond acceptors (Lipinski definition) is 5. The number of rotatable bonds is 11. The maximum absolute atomic E-state index is 14.5. The largest absolute Gasteiger partial charge is 0.384 e. The zero-order chi connectivity index (χ0) is 32.1. The van der Waals surface area contributed by atoms with E-state index in [0.29, 0.717) is 32.8 Å². The average molecular weight is 641 g/mol. The Morgan fingerprint density at radius 1 is 1.16 bits per heavy atom. The highest BCUT2D eigenvalue weighted by Gasteiger charge is 2.51. The molecule has 1 heterocycles. The van der Waals surface area contributed by atoms with Crippen molar-refractivity contribution in [1.29, 1.82) is 5.53 Å². The van der Waals surface area contributed by atoms with E-state index in [4.69, 9.17) is 39.5 Å². The minimum absolute atomic E-state index is 0.0192. The van der Waals surface area contributed by atoms with Crippen LogP contribution in [0.2, 0.25) is 10.0 Å². The van der Waals surface area contributed by atoms with Crippen LogP contribution in [0, 0.1) is 16.9 Å². The number of amidine groups is 1. The molecule has 1 aliphatic carbocycles. The van der Waals surface area contributed by atoms with Gasteiger partial charge in [0.25, 0.3) is 11.8 Å². The molecule has 0 unspecified atom stereocenters. The zero-order valence-corrected chi connectivity index (χ0v) is 27.5. The van der Waals surface area contributed by atoms with Gasteiger partial charge in [0.05, 0.1) is 12.6 Å². The van der Waals surface area contributed by atoms with Gasteiger partial charge >= 0.3 is 0 Å². The smallest absolute Gasteiger partial charge is 0.275 e. The number of halogens is 2. The van der Waals surface area contributed by atoms with Crippen LogP contribution in [0.25, 0.3) is 0 Å². The number of aliphatic imine (C=N–C) groups is 1. The van der Waals surface area contributed by atoms with Crippen molar-refractivity contribution in [2.45, 2.75) is 90.8 Å². The van der Waals surface area contributed by atoms with Crippen molar-refractivity contribution in [3.63, 3.8) is 0 Å². The number of nitrogens with zero attached hydrogens (tertiary/aromatic N) is 4.